The fourth-order valence-corrected chi connectivity index (χ4v) is 2.02. The zero-order chi connectivity index (χ0) is 11.8. The summed E-state index contributed by atoms with van der Waals surface area (Å²) in [4.78, 5) is 0. The van der Waals surface area contributed by atoms with Crippen LogP contribution in [0.4, 0.5) is 0 Å². The molecule has 2 atom stereocenters. The van der Waals surface area contributed by atoms with Gasteiger partial charge in [0.15, 0.2) is 0 Å². The van der Waals surface area contributed by atoms with Crippen LogP contribution in [0, 0.1) is 0 Å². The summed E-state index contributed by atoms with van der Waals surface area (Å²) < 4.78 is 11.1. The molecule has 0 radical (unpaired) electrons. The molecule has 94 valence electrons. The van der Waals surface area contributed by atoms with Gasteiger partial charge in [0, 0.05) is 20.1 Å². The number of nitrogens with zero attached hydrogens (tertiary/aromatic N) is 1. The molecule has 1 rings (SSSR count). The number of rotatable bonds is 6. The fourth-order valence-electron chi connectivity index (χ4n) is 2.02. The zero-order valence-corrected chi connectivity index (χ0v) is 9.89. The van der Waals surface area contributed by atoms with Crippen molar-refractivity contribution in [1.29, 1.82) is 0 Å². The number of methoxy groups -OCH3 is 1. The third-order valence-corrected chi connectivity index (χ3v) is 2.97. The van der Waals surface area contributed by atoms with E-state index in [1.165, 1.54) is 6.42 Å². The minimum absolute atomic E-state index is 0.266. The number of hydrogen-bond donors (Lipinski definition) is 2. The first-order chi connectivity index (χ1) is 7.76. The van der Waals surface area contributed by atoms with Gasteiger partial charge in [-0.15, -0.1) is 0 Å². The molecule has 0 amide bonds. The van der Waals surface area contributed by atoms with Crippen molar-refractivity contribution in [3.05, 3.63) is 0 Å². The van der Waals surface area contributed by atoms with E-state index in [1.807, 2.05) is 0 Å². The van der Waals surface area contributed by atoms with Gasteiger partial charge in [-0.05, 0) is 32.1 Å². The highest BCUT2D eigenvalue weighted by molar-refractivity contribution is 5.79. The first-order valence-corrected chi connectivity index (χ1v) is 5.87. The molecule has 0 aromatic rings. The van der Waals surface area contributed by atoms with E-state index in [1.54, 1.807) is 7.11 Å². The molecule has 0 bridgehead atoms. The number of ether oxygens (including phenoxy) is 2. The topological polar surface area (TPSA) is 77.1 Å². The molecule has 0 heterocycles. The van der Waals surface area contributed by atoms with Crippen molar-refractivity contribution in [1.82, 2.24) is 0 Å². The van der Waals surface area contributed by atoms with Crippen molar-refractivity contribution in [3.8, 4) is 0 Å². The Morgan fingerprint density at radius 2 is 2.19 bits per heavy atom. The minimum Gasteiger partial charge on any atom is -0.409 e. The molecule has 0 aliphatic heterocycles. The second-order valence-corrected chi connectivity index (χ2v) is 4.21. The normalized spacial score (nSPS) is 26.9. The van der Waals surface area contributed by atoms with E-state index in [9.17, 15) is 0 Å². The minimum atomic E-state index is 0.266. The Bertz CT molecular complexity index is 221. The lowest BCUT2D eigenvalue weighted by Crippen LogP contribution is -2.27. The molecule has 0 aromatic heterocycles. The highest BCUT2D eigenvalue weighted by Crippen LogP contribution is 2.23. The lowest BCUT2D eigenvalue weighted by Gasteiger charge is -2.28. The van der Waals surface area contributed by atoms with Crippen LogP contribution in [0.2, 0.25) is 0 Å². The third kappa shape index (κ3) is 4.81. The summed E-state index contributed by atoms with van der Waals surface area (Å²) in [6.07, 6.45) is 6.45. The van der Waals surface area contributed by atoms with Crippen LogP contribution >= 0.6 is 0 Å². The Hall–Kier alpha value is -0.810. The zero-order valence-electron chi connectivity index (χ0n) is 9.89. The predicted octanol–water partition coefficient (Wildman–Crippen LogP) is 1.49. The molecule has 1 aliphatic rings. The van der Waals surface area contributed by atoms with Gasteiger partial charge in [-0.25, -0.2) is 0 Å². The lowest BCUT2D eigenvalue weighted by atomic mass is 9.95. The average molecular weight is 230 g/mol. The number of amidine groups is 1. The predicted molar refractivity (Wildman–Crippen MR) is 61.6 cm³/mol. The highest BCUT2D eigenvalue weighted by Gasteiger charge is 2.21. The van der Waals surface area contributed by atoms with Gasteiger partial charge in [0.1, 0.15) is 5.84 Å². The largest absolute Gasteiger partial charge is 0.409 e. The van der Waals surface area contributed by atoms with Crippen LogP contribution in [0.1, 0.15) is 38.5 Å². The molecule has 0 spiro atoms. The third-order valence-electron chi connectivity index (χ3n) is 2.97. The van der Waals surface area contributed by atoms with Gasteiger partial charge >= 0.3 is 0 Å². The summed E-state index contributed by atoms with van der Waals surface area (Å²) in [6.45, 7) is 0.664. The Labute approximate surface area is 96.6 Å². The summed E-state index contributed by atoms with van der Waals surface area (Å²) in [6, 6.07) is 0. The van der Waals surface area contributed by atoms with Crippen molar-refractivity contribution in [3.63, 3.8) is 0 Å². The van der Waals surface area contributed by atoms with E-state index in [0.29, 0.717) is 25.2 Å². The van der Waals surface area contributed by atoms with Crippen LogP contribution in [0.5, 0.6) is 0 Å². The van der Waals surface area contributed by atoms with Gasteiger partial charge < -0.3 is 20.4 Å². The van der Waals surface area contributed by atoms with Crippen LogP contribution in [0.3, 0.4) is 0 Å². The first-order valence-electron chi connectivity index (χ1n) is 5.87. The van der Waals surface area contributed by atoms with E-state index < -0.39 is 0 Å². The second-order valence-electron chi connectivity index (χ2n) is 4.21. The summed E-state index contributed by atoms with van der Waals surface area (Å²) in [5.74, 6) is 0.266. The van der Waals surface area contributed by atoms with E-state index in [4.69, 9.17) is 20.4 Å². The average Bonchev–Trinajstić information content (AvgIpc) is 2.34. The molecule has 2 unspecified atom stereocenters. The quantitative estimate of drug-likeness (QED) is 0.238. The number of oxime groups is 1. The summed E-state index contributed by atoms with van der Waals surface area (Å²) in [5.41, 5.74) is 5.36. The Balaban J connectivity index is 2.08. The van der Waals surface area contributed by atoms with Crippen LogP contribution in [-0.4, -0.2) is 37.0 Å². The molecule has 5 heteroatoms. The first kappa shape index (κ1) is 13.3. The Morgan fingerprint density at radius 3 is 2.88 bits per heavy atom. The number of hydrogen-bond acceptors (Lipinski definition) is 4. The molecule has 0 aromatic carbocycles. The molecule has 3 N–H and O–H groups in total. The molecule has 16 heavy (non-hydrogen) atoms. The van der Waals surface area contributed by atoms with Crippen LogP contribution < -0.4 is 5.73 Å². The van der Waals surface area contributed by atoms with E-state index in [0.717, 1.165) is 25.7 Å². The van der Waals surface area contributed by atoms with Crippen molar-refractivity contribution < 1.29 is 14.7 Å². The maximum atomic E-state index is 8.36. The lowest BCUT2D eigenvalue weighted by molar-refractivity contribution is -0.0296. The maximum Gasteiger partial charge on any atom is 0.139 e. The monoisotopic (exact) mass is 230 g/mol. The van der Waals surface area contributed by atoms with Crippen LogP contribution in [-0.2, 0) is 9.47 Å². The fraction of sp³-hybridized carbons (Fsp3) is 0.909. The maximum absolute atomic E-state index is 8.36. The highest BCUT2D eigenvalue weighted by atomic mass is 16.5. The molecule has 1 aliphatic carbocycles. The SMILES string of the molecule is COC1CCCC(OCCCC(N)=NO)C1. The van der Waals surface area contributed by atoms with Crippen molar-refractivity contribution in [2.75, 3.05) is 13.7 Å². The van der Waals surface area contributed by atoms with Crippen LogP contribution in [0.15, 0.2) is 5.16 Å². The van der Waals surface area contributed by atoms with E-state index in [2.05, 4.69) is 5.16 Å². The van der Waals surface area contributed by atoms with E-state index >= 15 is 0 Å². The Kier molecular flexibility index (Phi) is 6.18. The Morgan fingerprint density at radius 1 is 1.44 bits per heavy atom. The van der Waals surface area contributed by atoms with Crippen molar-refractivity contribution in [2.24, 2.45) is 10.9 Å². The molecular formula is C11H22N2O3. The van der Waals surface area contributed by atoms with E-state index in [-0.39, 0.29) is 5.84 Å². The molecule has 5 nitrogen and oxygen atoms in total. The smallest absolute Gasteiger partial charge is 0.139 e. The van der Waals surface area contributed by atoms with Crippen LogP contribution in [0.25, 0.3) is 0 Å². The number of nitrogens with two attached hydrogens (primary N) is 1. The van der Waals surface area contributed by atoms with Gasteiger partial charge in [-0.3, -0.25) is 0 Å². The second kappa shape index (κ2) is 7.46. The molecule has 1 saturated carbocycles. The molecular weight excluding hydrogens is 208 g/mol. The summed E-state index contributed by atoms with van der Waals surface area (Å²) in [5, 5.41) is 11.3. The van der Waals surface area contributed by atoms with Crippen molar-refractivity contribution >= 4 is 5.84 Å². The van der Waals surface area contributed by atoms with Crippen molar-refractivity contribution in [2.45, 2.75) is 50.7 Å². The molecule has 1 fully saturated rings. The van der Waals surface area contributed by atoms with Gasteiger partial charge in [0.25, 0.3) is 0 Å². The standard InChI is InChI=1S/C11H22N2O3/c1-15-9-4-2-5-10(8-9)16-7-3-6-11(12)13-14/h9-10,14H,2-8H2,1H3,(H2,12,13). The van der Waals surface area contributed by atoms with Gasteiger partial charge in [-0.1, -0.05) is 5.16 Å². The van der Waals surface area contributed by atoms with Gasteiger partial charge in [-0.2, -0.15) is 0 Å². The van der Waals surface area contributed by atoms with Gasteiger partial charge in [0.05, 0.1) is 12.2 Å². The summed E-state index contributed by atoms with van der Waals surface area (Å²) >= 11 is 0. The summed E-state index contributed by atoms with van der Waals surface area (Å²) in [7, 11) is 1.76. The molecule has 0 saturated heterocycles. The van der Waals surface area contributed by atoms with Gasteiger partial charge in [0.2, 0.25) is 0 Å².